The first-order chi connectivity index (χ1) is 10.5. The van der Waals surface area contributed by atoms with Crippen molar-refractivity contribution in [1.82, 2.24) is 10.2 Å². The van der Waals surface area contributed by atoms with Crippen LogP contribution in [0.25, 0.3) is 0 Å². The smallest absolute Gasteiger partial charge is 0.247 e. The molecule has 0 bridgehead atoms. The van der Waals surface area contributed by atoms with Gasteiger partial charge in [0, 0.05) is 18.7 Å². The van der Waals surface area contributed by atoms with Crippen LogP contribution in [0.5, 0.6) is 0 Å². The van der Waals surface area contributed by atoms with E-state index in [1.807, 2.05) is 13.8 Å². The third-order valence-corrected chi connectivity index (χ3v) is 4.86. The zero-order valence-electron chi connectivity index (χ0n) is 13.2. The Bertz CT molecular complexity index is 494. The molecule has 4 atom stereocenters. The molecular weight excluding hydrogens is 300 g/mol. The molecule has 0 aromatic rings. The summed E-state index contributed by atoms with van der Waals surface area (Å²) in [6.07, 6.45) is 6.61. The minimum atomic E-state index is -0.880. The number of aliphatic imine (C=N–C) groups is 1. The molecule has 6 nitrogen and oxygen atoms in total. The number of amides is 2. The second-order valence-electron chi connectivity index (χ2n) is 6.15. The number of rotatable bonds is 4. The molecule has 2 aliphatic rings. The van der Waals surface area contributed by atoms with Gasteiger partial charge in [-0.15, -0.1) is 0 Å². The first-order valence-corrected chi connectivity index (χ1v) is 8.40. The fourth-order valence-electron chi connectivity index (χ4n) is 2.92. The van der Waals surface area contributed by atoms with Crippen molar-refractivity contribution in [3.63, 3.8) is 0 Å². The van der Waals surface area contributed by atoms with E-state index in [2.05, 4.69) is 16.0 Å². The van der Waals surface area contributed by atoms with Gasteiger partial charge in [-0.05, 0) is 38.4 Å². The molecule has 0 aromatic heterocycles. The summed E-state index contributed by atoms with van der Waals surface area (Å²) in [4.78, 5) is 30.6. The van der Waals surface area contributed by atoms with Gasteiger partial charge < -0.3 is 11.1 Å². The van der Waals surface area contributed by atoms with Gasteiger partial charge in [-0.3, -0.25) is 19.5 Å². The van der Waals surface area contributed by atoms with Crippen LogP contribution in [0, 0.1) is 5.92 Å². The summed E-state index contributed by atoms with van der Waals surface area (Å²) < 4.78 is 0. The van der Waals surface area contributed by atoms with E-state index < -0.39 is 5.92 Å². The number of carbonyl (C=O) groups is 2. The SMILES string of the molecule is CC[C@H](C)N1C(=O)[C@H](C=N[C@@H]2CCCC[C@@H]2[NH3+])C(=O)NC1=S. The van der Waals surface area contributed by atoms with Gasteiger partial charge >= 0.3 is 0 Å². The van der Waals surface area contributed by atoms with E-state index in [1.54, 1.807) is 0 Å². The molecule has 2 amide bonds. The van der Waals surface area contributed by atoms with Crippen LogP contribution < -0.4 is 11.1 Å². The molecule has 7 heteroatoms. The second-order valence-corrected chi connectivity index (χ2v) is 6.53. The quantitative estimate of drug-likeness (QED) is 0.442. The molecule has 22 heavy (non-hydrogen) atoms. The third-order valence-electron chi connectivity index (χ3n) is 4.56. The predicted molar refractivity (Wildman–Crippen MR) is 88.3 cm³/mol. The van der Waals surface area contributed by atoms with Gasteiger partial charge in [-0.1, -0.05) is 13.3 Å². The molecule has 2 fully saturated rings. The maximum Gasteiger partial charge on any atom is 0.247 e. The number of carbonyl (C=O) groups excluding carboxylic acids is 2. The number of nitrogens with one attached hydrogen (secondary N) is 1. The number of hydrogen-bond donors (Lipinski definition) is 2. The summed E-state index contributed by atoms with van der Waals surface area (Å²) >= 11 is 5.12. The van der Waals surface area contributed by atoms with E-state index in [0.29, 0.717) is 0 Å². The first-order valence-electron chi connectivity index (χ1n) is 8.00. The molecule has 1 saturated heterocycles. The lowest BCUT2D eigenvalue weighted by Gasteiger charge is -2.35. The molecular formula is C15H25N4O2S+. The van der Waals surface area contributed by atoms with Crippen molar-refractivity contribution < 1.29 is 15.3 Å². The lowest BCUT2D eigenvalue weighted by atomic mass is 9.91. The standard InChI is InChI=1S/C15H24N4O2S/c1-3-9(2)19-14(21)10(13(20)18-15(19)22)8-17-12-7-5-4-6-11(12)16/h8-12H,3-7,16H2,1-2H3,(H,18,20,22)/p+1/t9-,10+,11-,12+/m0/s1. The number of thiocarbonyl (C=S) groups is 1. The van der Waals surface area contributed by atoms with E-state index in [9.17, 15) is 9.59 Å². The summed E-state index contributed by atoms with van der Waals surface area (Å²) in [6.45, 7) is 3.90. The topological polar surface area (TPSA) is 89.4 Å². The lowest BCUT2D eigenvalue weighted by Crippen LogP contribution is -2.66. The van der Waals surface area contributed by atoms with Crippen LogP contribution in [0.4, 0.5) is 0 Å². The summed E-state index contributed by atoms with van der Waals surface area (Å²) in [5.74, 6) is -1.53. The third kappa shape index (κ3) is 3.52. The molecule has 0 aromatic carbocycles. The van der Waals surface area contributed by atoms with Crippen molar-refractivity contribution in [2.24, 2.45) is 10.9 Å². The van der Waals surface area contributed by atoms with Crippen LogP contribution in [0.15, 0.2) is 4.99 Å². The van der Waals surface area contributed by atoms with Crippen molar-refractivity contribution in [3.05, 3.63) is 0 Å². The monoisotopic (exact) mass is 325 g/mol. The van der Waals surface area contributed by atoms with Gasteiger partial charge in [0.2, 0.25) is 11.8 Å². The molecule has 1 saturated carbocycles. The van der Waals surface area contributed by atoms with E-state index in [4.69, 9.17) is 12.2 Å². The van der Waals surface area contributed by atoms with E-state index in [0.717, 1.165) is 25.7 Å². The van der Waals surface area contributed by atoms with Crippen LogP contribution in [-0.2, 0) is 9.59 Å². The maximum absolute atomic E-state index is 12.6. The number of quaternary nitrogens is 1. The van der Waals surface area contributed by atoms with E-state index >= 15 is 0 Å². The Labute approximate surface area is 136 Å². The number of hydrogen-bond acceptors (Lipinski definition) is 4. The normalized spacial score (nSPS) is 31.5. The van der Waals surface area contributed by atoms with Gasteiger partial charge in [-0.2, -0.15) is 0 Å². The fourth-order valence-corrected chi connectivity index (χ4v) is 3.29. The first kappa shape index (κ1) is 17.0. The molecule has 1 aliphatic carbocycles. The molecule has 0 unspecified atom stereocenters. The molecule has 1 aliphatic heterocycles. The average molecular weight is 325 g/mol. The largest absolute Gasteiger partial charge is 0.353 e. The lowest BCUT2D eigenvalue weighted by molar-refractivity contribution is -0.428. The van der Waals surface area contributed by atoms with Crippen LogP contribution in [0.3, 0.4) is 0 Å². The van der Waals surface area contributed by atoms with Crippen molar-refractivity contribution >= 4 is 35.4 Å². The molecule has 122 valence electrons. The van der Waals surface area contributed by atoms with Gasteiger partial charge in [-0.25, -0.2) is 0 Å². The molecule has 4 N–H and O–H groups in total. The summed E-state index contributed by atoms with van der Waals surface area (Å²) in [5, 5.41) is 2.81. The Kier molecular flexibility index (Phi) is 5.63. The predicted octanol–water partition coefficient (Wildman–Crippen LogP) is 0.268. The van der Waals surface area contributed by atoms with Gasteiger partial charge in [0.1, 0.15) is 12.1 Å². The van der Waals surface area contributed by atoms with E-state index in [1.165, 1.54) is 17.5 Å². The Morgan fingerprint density at radius 2 is 2.14 bits per heavy atom. The van der Waals surface area contributed by atoms with Crippen molar-refractivity contribution in [2.75, 3.05) is 0 Å². The molecule has 0 radical (unpaired) electrons. The maximum atomic E-state index is 12.6. The van der Waals surface area contributed by atoms with E-state index in [-0.39, 0.29) is 35.1 Å². The highest BCUT2D eigenvalue weighted by molar-refractivity contribution is 7.80. The summed E-state index contributed by atoms with van der Waals surface area (Å²) in [7, 11) is 0. The van der Waals surface area contributed by atoms with Crippen LogP contribution in [0.2, 0.25) is 0 Å². The van der Waals surface area contributed by atoms with Gasteiger partial charge in [0.15, 0.2) is 11.0 Å². The summed E-state index contributed by atoms with van der Waals surface area (Å²) in [6, 6.07) is 0.338. The van der Waals surface area contributed by atoms with Crippen LogP contribution in [-0.4, -0.2) is 46.2 Å². The minimum Gasteiger partial charge on any atom is -0.353 e. The average Bonchev–Trinajstić information content (AvgIpc) is 2.48. The highest BCUT2D eigenvalue weighted by Crippen LogP contribution is 2.20. The van der Waals surface area contributed by atoms with Crippen molar-refractivity contribution in [2.45, 2.75) is 64.1 Å². The molecule has 2 rings (SSSR count). The van der Waals surface area contributed by atoms with Gasteiger partial charge in [0.05, 0.1) is 0 Å². The Hall–Kier alpha value is -1.34. The van der Waals surface area contributed by atoms with Crippen molar-refractivity contribution in [1.29, 1.82) is 0 Å². The Morgan fingerprint density at radius 1 is 1.45 bits per heavy atom. The second kappa shape index (κ2) is 7.28. The van der Waals surface area contributed by atoms with Crippen LogP contribution >= 0.6 is 12.2 Å². The fraction of sp³-hybridized carbons (Fsp3) is 0.733. The van der Waals surface area contributed by atoms with Crippen molar-refractivity contribution in [3.8, 4) is 0 Å². The van der Waals surface area contributed by atoms with Gasteiger partial charge in [0.25, 0.3) is 0 Å². The highest BCUT2D eigenvalue weighted by atomic mass is 32.1. The Morgan fingerprint density at radius 3 is 2.77 bits per heavy atom. The number of nitrogens with zero attached hydrogens (tertiary/aromatic N) is 2. The molecule has 1 heterocycles. The highest BCUT2D eigenvalue weighted by Gasteiger charge is 2.39. The molecule has 0 spiro atoms. The Balaban J connectivity index is 2.12. The zero-order valence-corrected chi connectivity index (χ0v) is 14.1. The van der Waals surface area contributed by atoms with Crippen LogP contribution in [0.1, 0.15) is 46.0 Å². The summed E-state index contributed by atoms with van der Waals surface area (Å²) in [5.41, 5.74) is 4.12. The zero-order chi connectivity index (χ0) is 16.3. The minimum absolute atomic E-state index is 0.0354.